The van der Waals surface area contributed by atoms with Crippen molar-refractivity contribution in [2.45, 2.75) is 0 Å². The van der Waals surface area contributed by atoms with Gasteiger partial charge in [0.25, 0.3) is 0 Å². The Balaban J connectivity index is 2.51. The van der Waals surface area contributed by atoms with Gasteiger partial charge in [-0.1, -0.05) is 4.49 Å². The molecule has 82 valence electrons. The van der Waals surface area contributed by atoms with Crippen LogP contribution < -0.4 is 4.74 Å². The van der Waals surface area contributed by atoms with Crippen LogP contribution in [0.15, 0.2) is 23.6 Å². The molecular formula is C9H7N3O3S. The molecule has 16 heavy (non-hydrogen) atoms. The largest absolute Gasteiger partial charge is 0.490 e. The van der Waals surface area contributed by atoms with Crippen LogP contribution in [0.4, 0.5) is 5.69 Å². The van der Waals surface area contributed by atoms with Crippen LogP contribution in [0, 0.1) is 10.1 Å². The lowest BCUT2D eigenvalue weighted by Crippen LogP contribution is -1.94. The summed E-state index contributed by atoms with van der Waals surface area (Å²) in [6.45, 7) is 0. The molecule has 0 aliphatic carbocycles. The summed E-state index contributed by atoms with van der Waals surface area (Å²) in [5.41, 5.74) is 1.20. The number of nitro benzene ring substituents is 1. The summed E-state index contributed by atoms with van der Waals surface area (Å²) >= 11 is 1.20. The highest BCUT2D eigenvalue weighted by molar-refractivity contribution is 7.03. The van der Waals surface area contributed by atoms with E-state index >= 15 is 0 Å². The Morgan fingerprint density at radius 2 is 2.31 bits per heavy atom. The molecule has 0 atom stereocenters. The number of nitrogens with zero attached hydrogens (tertiary/aromatic N) is 3. The van der Waals surface area contributed by atoms with Gasteiger partial charge >= 0.3 is 5.69 Å². The monoisotopic (exact) mass is 237 g/mol. The standard InChI is InChI=1S/C9H7N3O3S/c1-15-9-3-2-6(4-8(9)12(13)14)7-5-16-11-10-7/h2-5H,1H3. The van der Waals surface area contributed by atoms with Gasteiger partial charge in [0, 0.05) is 17.0 Å². The Morgan fingerprint density at radius 1 is 1.50 bits per heavy atom. The summed E-state index contributed by atoms with van der Waals surface area (Å²) < 4.78 is 8.61. The molecule has 0 aliphatic rings. The third-order valence-corrected chi connectivity index (χ3v) is 2.54. The summed E-state index contributed by atoms with van der Waals surface area (Å²) in [7, 11) is 1.40. The van der Waals surface area contributed by atoms with E-state index in [0.717, 1.165) is 0 Å². The molecule has 2 rings (SSSR count). The van der Waals surface area contributed by atoms with Gasteiger partial charge in [-0.05, 0) is 23.7 Å². The molecule has 0 radical (unpaired) electrons. The van der Waals surface area contributed by atoms with E-state index in [9.17, 15) is 10.1 Å². The number of hydrogen-bond donors (Lipinski definition) is 0. The van der Waals surface area contributed by atoms with Crippen LogP contribution in [-0.2, 0) is 0 Å². The Bertz CT molecular complexity index is 513. The van der Waals surface area contributed by atoms with Gasteiger partial charge in [-0.3, -0.25) is 10.1 Å². The molecule has 0 unspecified atom stereocenters. The number of nitro groups is 1. The van der Waals surface area contributed by atoms with Gasteiger partial charge in [0.15, 0.2) is 5.75 Å². The summed E-state index contributed by atoms with van der Waals surface area (Å²) in [5.74, 6) is 0.233. The minimum absolute atomic E-state index is 0.0759. The predicted octanol–water partition coefficient (Wildman–Crippen LogP) is 2.12. The summed E-state index contributed by atoms with van der Waals surface area (Å²) in [6, 6.07) is 4.69. The SMILES string of the molecule is COc1ccc(-c2csnn2)cc1[N+](=O)[O-]. The fourth-order valence-corrected chi connectivity index (χ4v) is 1.75. The minimum atomic E-state index is -0.484. The molecule has 0 spiro atoms. The van der Waals surface area contributed by atoms with Gasteiger partial charge in [-0.2, -0.15) is 0 Å². The Morgan fingerprint density at radius 3 is 2.88 bits per heavy atom. The second kappa shape index (κ2) is 4.23. The number of rotatable bonds is 3. The van der Waals surface area contributed by atoms with Gasteiger partial charge in [-0.15, -0.1) is 5.10 Å². The third kappa shape index (κ3) is 1.84. The lowest BCUT2D eigenvalue weighted by molar-refractivity contribution is -0.385. The van der Waals surface area contributed by atoms with E-state index in [0.29, 0.717) is 11.3 Å². The number of aromatic nitrogens is 2. The van der Waals surface area contributed by atoms with Crippen molar-refractivity contribution >= 4 is 17.2 Å². The quantitative estimate of drug-likeness (QED) is 0.603. The molecule has 0 amide bonds. The number of hydrogen-bond acceptors (Lipinski definition) is 6. The van der Waals surface area contributed by atoms with Gasteiger partial charge < -0.3 is 4.74 Å². The first-order valence-electron chi connectivity index (χ1n) is 4.32. The molecule has 0 bridgehead atoms. The van der Waals surface area contributed by atoms with E-state index in [1.165, 1.54) is 24.7 Å². The highest BCUT2D eigenvalue weighted by atomic mass is 32.1. The Labute approximate surface area is 94.8 Å². The summed E-state index contributed by atoms with van der Waals surface area (Å²) in [5, 5.41) is 16.4. The molecule has 1 aromatic heterocycles. The number of benzene rings is 1. The second-order valence-electron chi connectivity index (χ2n) is 2.93. The van der Waals surface area contributed by atoms with Crippen LogP contribution in [0.25, 0.3) is 11.3 Å². The highest BCUT2D eigenvalue weighted by Gasteiger charge is 2.16. The molecule has 1 heterocycles. The zero-order chi connectivity index (χ0) is 11.5. The van der Waals surface area contributed by atoms with Crippen molar-refractivity contribution < 1.29 is 9.66 Å². The number of ether oxygens (including phenoxy) is 1. The zero-order valence-corrected chi connectivity index (χ0v) is 9.10. The topological polar surface area (TPSA) is 78.2 Å². The molecule has 0 fully saturated rings. The summed E-state index contributed by atoms with van der Waals surface area (Å²) in [4.78, 5) is 10.3. The molecule has 0 N–H and O–H groups in total. The van der Waals surface area contributed by atoms with E-state index < -0.39 is 4.92 Å². The lowest BCUT2D eigenvalue weighted by atomic mass is 10.1. The van der Waals surface area contributed by atoms with Gasteiger partial charge in [0.05, 0.1) is 12.0 Å². The maximum absolute atomic E-state index is 10.8. The van der Waals surface area contributed by atoms with Crippen molar-refractivity contribution in [1.29, 1.82) is 0 Å². The first kappa shape index (κ1) is 10.5. The average molecular weight is 237 g/mol. The molecule has 2 aromatic rings. The first-order chi connectivity index (χ1) is 7.72. The van der Waals surface area contributed by atoms with Crippen molar-refractivity contribution in [1.82, 2.24) is 9.59 Å². The van der Waals surface area contributed by atoms with E-state index in [1.807, 2.05) is 0 Å². The Hall–Kier alpha value is -2.02. The normalized spacial score (nSPS) is 10.1. The smallest absolute Gasteiger partial charge is 0.311 e. The van der Waals surface area contributed by atoms with Crippen LogP contribution in [0.5, 0.6) is 5.75 Å². The van der Waals surface area contributed by atoms with Crippen LogP contribution in [0.2, 0.25) is 0 Å². The molecule has 0 saturated carbocycles. The average Bonchev–Trinajstić information content (AvgIpc) is 2.81. The second-order valence-corrected chi connectivity index (χ2v) is 3.54. The van der Waals surface area contributed by atoms with E-state index in [4.69, 9.17) is 4.74 Å². The van der Waals surface area contributed by atoms with Crippen LogP contribution in [-0.4, -0.2) is 21.6 Å². The maximum atomic E-state index is 10.8. The lowest BCUT2D eigenvalue weighted by Gasteiger charge is -2.02. The molecule has 7 heteroatoms. The maximum Gasteiger partial charge on any atom is 0.311 e. The van der Waals surface area contributed by atoms with Gasteiger partial charge in [-0.25, -0.2) is 0 Å². The van der Waals surface area contributed by atoms with Crippen LogP contribution in [0.1, 0.15) is 0 Å². The van der Waals surface area contributed by atoms with Crippen molar-refractivity contribution in [2.24, 2.45) is 0 Å². The van der Waals surface area contributed by atoms with E-state index in [1.54, 1.807) is 17.5 Å². The van der Waals surface area contributed by atoms with Crippen molar-refractivity contribution in [3.05, 3.63) is 33.7 Å². The van der Waals surface area contributed by atoms with Crippen molar-refractivity contribution in [3.8, 4) is 17.0 Å². The van der Waals surface area contributed by atoms with Crippen molar-refractivity contribution in [3.63, 3.8) is 0 Å². The van der Waals surface area contributed by atoms with Gasteiger partial charge in [0.2, 0.25) is 0 Å². The van der Waals surface area contributed by atoms with E-state index in [-0.39, 0.29) is 11.4 Å². The van der Waals surface area contributed by atoms with Gasteiger partial charge in [0.1, 0.15) is 5.69 Å². The molecule has 0 aliphatic heterocycles. The van der Waals surface area contributed by atoms with Crippen LogP contribution in [0.3, 0.4) is 0 Å². The third-order valence-electron chi connectivity index (χ3n) is 2.03. The fourth-order valence-electron chi connectivity index (χ4n) is 1.28. The molecule has 0 saturated heterocycles. The molecule has 1 aromatic carbocycles. The molecule has 6 nitrogen and oxygen atoms in total. The highest BCUT2D eigenvalue weighted by Crippen LogP contribution is 2.31. The van der Waals surface area contributed by atoms with E-state index in [2.05, 4.69) is 9.59 Å². The van der Waals surface area contributed by atoms with Crippen LogP contribution >= 0.6 is 11.5 Å². The summed E-state index contributed by atoms with van der Waals surface area (Å²) in [6.07, 6.45) is 0. The van der Waals surface area contributed by atoms with Crippen molar-refractivity contribution in [2.75, 3.05) is 7.11 Å². The number of methoxy groups -OCH3 is 1. The zero-order valence-electron chi connectivity index (χ0n) is 8.28. The first-order valence-corrected chi connectivity index (χ1v) is 5.16. The predicted molar refractivity (Wildman–Crippen MR) is 58.6 cm³/mol. The minimum Gasteiger partial charge on any atom is -0.490 e. The molecular weight excluding hydrogens is 230 g/mol. The Kier molecular flexibility index (Phi) is 2.78. The fraction of sp³-hybridized carbons (Fsp3) is 0.111.